The zero-order valence-corrected chi connectivity index (χ0v) is 12.8. The van der Waals surface area contributed by atoms with Crippen LogP contribution in [-0.4, -0.2) is 17.8 Å². The highest BCUT2D eigenvalue weighted by Crippen LogP contribution is 2.41. The molecule has 2 heteroatoms. The minimum absolute atomic E-state index is 0.374. The molecule has 0 aromatic carbocycles. The molecule has 0 amide bonds. The molecule has 1 heterocycles. The summed E-state index contributed by atoms with van der Waals surface area (Å²) in [5.41, 5.74) is 0.807. The van der Waals surface area contributed by atoms with Gasteiger partial charge in [-0.1, -0.05) is 20.8 Å². The van der Waals surface area contributed by atoms with Crippen molar-refractivity contribution in [3.63, 3.8) is 0 Å². The predicted octanol–water partition coefficient (Wildman–Crippen LogP) is 4.18. The molecule has 1 aliphatic carbocycles. The maximum Gasteiger partial charge on any atom is 0.106 e. The molecule has 2 rings (SSSR count). The van der Waals surface area contributed by atoms with Gasteiger partial charge in [-0.25, -0.2) is 0 Å². The molecule has 0 radical (unpaired) electrons. The van der Waals surface area contributed by atoms with E-state index in [2.05, 4.69) is 26.7 Å². The minimum Gasteiger partial charge on any atom is -0.367 e. The molecular weight excluding hydrogens is 240 g/mol. The van der Waals surface area contributed by atoms with Gasteiger partial charge in [-0.05, 0) is 42.9 Å². The highest BCUT2D eigenvalue weighted by atomic mass is 32.2. The molecular formula is C16H26OS. The largest absolute Gasteiger partial charge is 0.367 e. The van der Waals surface area contributed by atoms with E-state index in [4.69, 9.17) is 11.2 Å². The highest BCUT2D eigenvalue weighted by molar-refractivity contribution is 7.99. The van der Waals surface area contributed by atoms with Crippen molar-refractivity contribution >= 4 is 11.8 Å². The van der Waals surface area contributed by atoms with E-state index in [1.165, 1.54) is 31.4 Å². The van der Waals surface area contributed by atoms with E-state index in [0.29, 0.717) is 22.7 Å². The zero-order chi connectivity index (χ0) is 13.2. The van der Waals surface area contributed by atoms with Gasteiger partial charge in [0.05, 0.1) is 6.61 Å². The van der Waals surface area contributed by atoms with E-state index in [0.717, 1.165) is 12.5 Å². The molecule has 102 valence electrons. The Hall–Kier alpha value is -0.130. The lowest BCUT2D eigenvalue weighted by Crippen LogP contribution is -2.37. The molecule has 2 atom stereocenters. The molecule has 0 spiro atoms. The van der Waals surface area contributed by atoms with Crippen LogP contribution in [0.3, 0.4) is 0 Å². The molecule has 2 aliphatic rings. The van der Waals surface area contributed by atoms with Crippen LogP contribution in [0.2, 0.25) is 0 Å². The smallest absolute Gasteiger partial charge is 0.106 e. The summed E-state index contributed by atoms with van der Waals surface area (Å²) in [5.74, 6) is 6.12. The van der Waals surface area contributed by atoms with Gasteiger partial charge in [-0.3, -0.25) is 0 Å². The zero-order valence-electron chi connectivity index (χ0n) is 11.9. The first-order valence-electron chi connectivity index (χ1n) is 7.20. The van der Waals surface area contributed by atoms with Gasteiger partial charge in [-0.15, -0.1) is 24.1 Å². The third-order valence-corrected chi connectivity index (χ3v) is 5.98. The van der Waals surface area contributed by atoms with Crippen LogP contribution in [-0.2, 0) is 4.74 Å². The molecule has 0 aromatic rings. The first-order valence-corrected chi connectivity index (χ1v) is 8.25. The fraction of sp³-hybridized carbons (Fsp3) is 0.875. The van der Waals surface area contributed by atoms with Crippen LogP contribution in [0.5, 0.6) is 0 Å². The standard InChI is InChI=1S/C16H26OS/c1-5-12-6-8-13(9-7-12)15-17-10-14(11-18-15)16(2,3)4/h1,12-15H,6-11H2,2-4H3. The van der Waals surface area contributed by atoms with Crippen LogP contribution in [0.25, 0.3) is 0 Å². The van der Waals surface area contributed by atoms with Crippen molar-refractivity contribution in [3.05, 3.63) is 0 Å². The Morgan fingerprint density at radius 1 is 1.17 bits per heavy atom. The average molecular weight is 266 g/mol. The fourth-order valence-electron chi connectivity index (χ4n) is 2.85. The Kier molecular flexibility index (Phi) is 4.67. The van der Waals surface area contributed by atoms with Gasteiger partial charge >= 0.3 is 0 Å². The SMILES string of the molecule is C#CC1CCC(C2OCC(C(C)(C)C)CS2)CC1. The normalized spacial score (nSPS) is 38.1. The summed E-state index contributed by atoms with van der Waals surface area (Å²) in [5, 5.41) is 0. The second-order valence-corrected chi connectivity index (χ2v) is 8.01. The van der Waals surface area contributed by atoms with Gasteiger partial charge in [0, 0.05) is 11.7 Å². The minimum atomic E-state index is 0.374. The van der Waals surface area contributed by atoms with Gasteiger partial charge in [0.15, 0.2) is 0 Å². The van der Waals surface area contributed by atoms with Gasteiger partial charge in [0.2, 0.25) is 0 Å². The number of hydrogen-bond acceptors (Lipinski definition) is 2. The fourth-order valence-corrected chi connectivity index (χ4v) is 4.59. The number of rotatable bonds is 1. The Morgan fingerprint density at radius 2 is 1.83 bits per heavy atom. The van der Waals surface area contributed by atoms with Crippen molar-refractivity contribution in [3.8, 4) is 12.3 Å². The summed E-state index contributed by atoms with van der Waals surface area (Å²) < 4.78 is 6.14. The number of ether oxygens (including phenoxy) is 1. The lowest BCUT2D eigenvalue weighted by atomic mass is 9.81. The van der Waals surface area contributed by atoms with Crippen LogP contribution >= 0.6 is 11.8 Å². The lowest BCUT2D eigenvalue weighted by Gasteiger charge is -2.40. The van der Waals surface area contributed by atoms with E-state index in [1.54, 1.807) is 0 Å². The second-order valence-electron chi connectivity index (χ2n) is 6.88. The van der Waals surface area contributed by atoms with Crippen molar-refractivity contribution < 1.29 is 4.74 Å². The van der Waals surface area contributed by atoms with Crippen LogP contribution in [0.15, 0.2) is 0 Å². The van der Waals surface area contributed by atoms with E-state index >= 15 is 0 Å². The average Bonchev–Trinajstić information content (AvgIpc) is 2.38. The molecule has 2 fully saturated rings. The molecule has 1 nitrogen and oxygen atoms in total. The van der Waals surface area contributed by atoms with Crippen molar-refractivity contribution in [2.45, 2.75) is 51.9 Å². The van der Waals surface area contributed by atoms with Crippen LogP contribution in [0.1, 0.15) is 46.5 Å². The maximum absolute atomic E-state index is 6.14. The van der Waals surface area contributed by atoms with Gasteiger partial charge in [-0.2, -0.15) is 0 Å². The predicted molar refractivity (Wildman–Crippen MR) is 79.4 cm³/mol. The topological polar surface area (TPSA) is 9.23 Å². The maximum atomic E-state index is 6.14. The Balaban J connectivity index is 1.79. The van der Waals surface area contributed by atoms with Crippen molar-refractivity contribution in [2.75, 3.05) is 12.4 Å². The third-order valence-electron chi connectivity index (χ3n) is 4.54. The van der Waals surface area contributed by atoms with E-state index in [9.17, 15) is 0 Å². The third kappa shape index (κ3) is 3.45. The highest BCUT2D eigenvalue weighted by Gasteiger charge is 2.35. The van der Waals surface area contributed by atoms with E-state index in [1.807, 2.05) is 11.8 Å². The Morgan fingerprint density at radius 3 is 2.28 bits per heavy atom. The quantitative estimate of drug-likeness (QED) is 0.659. The summed E-state index contributed by atoms with van der Waals surface area (Å²) in [6.07, 6.45) is 10.4. The molecule has 0 aromatic heterocycles. The second kappa shape index (κ2) is 5.88. The molecule has 0 bridgehead atoms. The molecule has 1 saturated carbocycles. The first kappa shape index (κ1) is 14.3. The Bertz CT molecular complexity index is 296. The summed E-state index contributed by atoms with van der Waals surface area (Å²) >= 11 is 2.04. The van der Waals surface area contributed by atoms with Crippen LogP contribution in [0.4, 0.5) is 0 Å². The first-order chi connectivity index (χ1) is 8.50. The lowest BCUT2D eigenvalue weighted by molar-refractivity contribution is 0.00545. The summed E-state index contributed by atoms with van der Waals surface area (Å²) in [6, 6.07) is 0. The molecule has 18 heavy (non-hydrogen) atoms. The van der Waals surface area contributed by atoms with E-state index in [-0.39, 0.29) is 0 Å². The van der Waals surface area contributed by atoms with Crippen LogP contribution in [0, 0.1) is 35.5 Å². The number of terminal acetylenes is 1. The molecule has 1 saturated heterocycles. The van der Waals surface area contributed by atoms with Crippen molar-refractivity contribution in [1.29, 1.82) is 0 Å². The molecule has 0 N–H and O–H groups in total. The van der Waals surface area contributed by atoms with E-state index < -0.39 is 0 Å². The number of thioether (sulfide) groups is 1. The van der Waals surface area contributed by atoms with Crippen molar-refractivity contribution in [1.82, 2.24) is 0 Å². The van der Waals surface area contributed by atoms with Gasteiger partial charge < -0.3 is 4.74 Å². The number of hydrogen-bond donors (Lipinski definition) is 0. The summed E-state index contributed by atoms with van der Waals surface area (Å²) in [4.78, 5) is 0. The van der Waals surface area contributed by atoms with Gasteiger partial charge in [0.1, 0.15) is 5.44 Å². The van der Waals surface area contributed by atoms with Crippen LogP contribution < -0.4 is 0 Å². The Labute approximate surface area is 116 Å². The molecule has 1 aliphatic heterocycles. The molecule has 2 unspecified atom stereocenters. The monoisotopic (exact) mass is 266 g/mol. The van der Waals surface area contributed by atoms with Gasteiger partial charge in [0.25, 0.3) is 0 Å². The summed E-state index contributed by atoms with van der Waals surface area (Å²) in [6.45, 7) is 7.90. The van der Waals surface area contributed by atoms with Crippen molar-refractivity contribution in [2.24, 2.45) is 23.2 Å². The summed E-state index contributed by atoms with van der Waals surface area (Å²) in [7, 11) is 0.